The van der Waals surface area contributed by atoms with Crippen molar-refractivity contribution in [3.05, 3.63) is 62.4 Å². The number of phosphoric ester groups is 2. The molecule has 3 aliphatic heterocycles. The zero-order chi connectivity index (χ0) is 56.3. The number of nitrogen functional groups attached to an aromatic ring is 2. The first kappa shape index (κ1) is 58.8. The van der Waals surface area contributed by atoms with Crippen LogP contribution in [0.4, 0.5) is 11.8 Å². The van der Waals surface area contributed by atoms with Gasteiger partial charge in [-0.05, 0) is 0 Å². The molecule has 17 atom stereocenters. The van der Waals surface area contributed by atoms with Crippen LogP contribution < -0.4 is 37.7 Å². The summed E-state index contributed by atoms with van der Waals surface area (Å²) in [7, 11) is -25.5. The lowest BCUT2D eigenvalue weighted by Crippen LogP contribution is -2.45. The third-order valence-electron chi connectivity index (χ3n) is 12.1. The van der Waals surface area contributed by atoms with E-state index in [0.29, 0.717) is 4.57 Å². The first-order valence-corrected chi connectivity index (χ1v) is 30.1. The number of hydrogen-bond donors (Lipinski definition) is 11. The Hall–Kier alpha value is -4.39. The van der Waals surface area contributed by atoms with E-state index in [1.54, 1.807) is 0 Å². The minimum atomic E-state index is -6.02. The van der Waals surface area contributed by atoms with Gasteiger partial charge in [-0.3, -0.25) is 51.4 Å². The summed E-state index contributed by atoms with van der Waals surface area (Å²) in [4.78, 5) is 113. The number of aromatic amines is 2. The molecule has 43 heteroatoms. The van der Waals surface area contributed by atoms with Crippen LogP contribution in [-0.4, -0.2) is 173 Å². The highest BCUT2D eigenvalue weighted by Crippen LogP contribution is 2.70. The fraction of sp³-hybridized carbons (Fsp3) is 0.588. The van der Waals surface area contributed by atoms with Gasteiger partial charge in [-0.15, -0.1) is 0 Å². The third-order valence-corrected chi connectivity index (χ3v) is 21.4. The van der Waals surface area contributed by atoms with E-state index in [9.17, 15) is 77.0 Å². The highest BCUT2D eigenvalue weighted by molar-refractivity contribution is 7.76. The molecule has 8 rings (SSSR count). The normalized spacial score (nSPS) is 30.7. The molecule has 3 aliphatic rings. The van der Waals surface area contributed by atoms with E-state index in [-0.39, 0.29) is 40.7 Å². The molecular weight excluding hydrogens is 1150 g/mol. The molecule has 3 saturated heterocycles. The van der Waals surface area contributed by atoms with Crippen molar-refractivity contribution >= 4 is 72.5 Å². The van der Waals surface area contributed by atoms with Crippen molar-refractivity contribution in [3.63, 3.8) is 0 Å². The monoisotopic (exact) mass is 1200 g/mol. The quantitative estimate of drug-likeness (QED) is 0.0231. The van der Waals surface area contributed by atoms with Gasteiger partial charge >= 0.3 is 42.2 Å². The Morgan fingerprint density at radius 1 is 0.792 bits per heavy atom. The number of aliphatic hydroxyl groups excluding tert-OH is 3. The van der Waals surface area contributed by atoms with Gasteiger partial charge in [0, 0.05) is 32.4 Å². The second kappa shape index (κ2) is 22.3. The number of nitrogens with zero attached hydrogens (tertiary/aromatic N) is 8. The van der Waals surface area contributed by atoms with Gasteiger partial charge in [-0.1, -0.05) is 4.98 Å². The number of phosphoric acid groups is 2. The van der Waals surface area contributed by atoms with Crippen LogP contribution in [0.25, 0.3) is 22.3 Å². The largest absolute Gasteiger partial charge is 0.778 e. The number of nitrogens with one attached hydrogen (secondary N) is 2. The fourth-order valence-electron chi connectivity index (χ4n) is 8.78. The van der Waals surface area contributed by atoms with E-state index in [0.717, 1.165) is 36.6 Å². The SMILES string of the molecule is COC[C@H]1[C@@H](O)[C@H]([n+]2cn(C)c3c(=O)[nH]c(N)nc32)O[C@@H]1COP(=O)(O)OP(=O)(O)CP(=O)(O)OP(=O)(O)OCC1O[C@@H](n2cnc3c(N)ncnc32)[C@H](OC)[C@@H]1P(=O)([O-])OC[C@H]1O[C@@H](n2ccc(=O)[nH]c2=O)[C@H](O)[C@@H]1O. The van der Waals surface area contributed by atoms with Gasteiger partial charge in [-0.2, -0.15) is 0 Å². The highest BCUT2D eigenvalue weighted by Gasteiger charge is 2.55. The van der Waals surface area contributed by atoms with Crippen molar-refractivity contribution < 1.29 is 113 Å². The summed E-state index contributed by atoms with van der Waals surface area (Å²) in [5, 5.41) is 32.7. The molecule has 13 N–H and O–H groups in total. The molecule has 3 fully saturated rings. The van der Waals surface area contributed by atoms with E-state index in [1.807, 2.05) is 4.98 Å². The molecule has 5 aromatic rings. The van der Waals surface area contributed by atoms with E-state index >= 15 is 0 Å². The molecular formula is C34H49N12O26P5. The Morgan fingerprint density at radius 2 is 1.43 bits per heavy atom. The average Bonchev–Trinajstić information content (AvgIpc) is 4.13. The first-order valence-electron chi connectivity index (χ1n) is 21.9. The summed E-state index contributed by atoms with van der Waals surface area (Å²) in [6, 6.07) is 0.905. The van der Waals surface area contributed by atoms with Crippen LogP contribution in [0, 0.1) is 5.92 Å². The number of aryl methyl sites for hydroxylation is 1. The number of H-pyrrole nitrogens is 2. The van der Waals surface area contributed by atoms with Crippen molar-refractivity contribution in [1.82, 2.24) is 43.6 Å². The third kappa shape index (κ3) is 12.5. The summed E-state index contributed by atoms with van der Waals surface area (Å²) < 4.78 is 123. The Morgan fingerprint density at radius 3 is 2.06 bits per heavy atom. The van der Waals surface area contributed by atoms with Crippen LogP contribution >= 0.6 is 38.4 Å². The topological polar surface area (TPSA) is 547 Å². The van der Waals surface area contributed by atoms with Crippen LogP contribution in [0.2, 0.25) is 0 Å². The van der Waals surface area contributed by atoms with Crippen LogP contribution in [-0.2, 0) is 75.7 Å². The second-order valence-electron chi connectivity index (χ2n) is 17.3. The van der Waals surface area contributed by atoms with Crippen molar-refractivity contribution in [2.75, 3.05) is 58.0 Å². The van der Waals surface area contributed by atoms with Crippen molar-refractivity contribution in [2.24, 2.45) is 13.0 Å². The number of fused-ring (bicyclic) bond motifs is 2. The van der Waals surface area contributed by atoms with Crippen LogP contribution in [0.1, 0.15) is 18.7 Å². The molecule has 0 saturated carbocycles. The van der Waals surface area contributed by atoms with Crippen molar-refractivity contribution in [3.8, 4) is 0 Å². The maximum atomic E-state index is 14.2. The molecule has 426 valence electrons. The van der Waals surface area contributed by atoms with Gasteiger partial charge in [0.2, 0.25) is 11.7 Å². The zero-order valence-corrected chi connectivity index (χ0v) is 44.2. The second-order valence-corrected chi connectivity index (χ2v) is 26.6. The molecule has 0 amide bonds. The van der Waals surface area contributed by atoms with Gasteiger partial charge in [0.1, 0.15) is 50.0 Å². The van der Waals surface area contributed by atoms with Gasteiger partial charge in [0.25, 0.3) is 17.1 Å². The summed E-state index contributed by atoms with van der Waals surface area (Å²) in [6.07, 6.45) is -12.3. The van der Waals surface area contributed by atoms with Gasteiger partial charge in [0.15, 0.2) is 36.2 Å². The molecule has 38 nitrogen and oxygen atoms in total. The molecule has 0 aromatic carbocycles. The predicted molar refractivity (Wildman–Crippen MR) is 249 cm³/mol. The van der Waals surface area contributed by atoms with E-state index < -0.39 is 154 Å². The van der Waals surface area contributed by atoms with E-state index in [2.05, 4.69) is 33.5 Å². The van der Waals surface area contributed by atoms with E-state index in [1.165, 1.54) is 29.6 Å². The van der Waals surface area contributed by atoms with Gasteiger partial charge in [0.05, 0.1) is 57.7 Å². The fourth-order valence-corrected chi connectivity index (χ4v) is 17.3. The van der Waals surface area contributed by atoms with E-state index in [4.69, 9.17) is 48.7 Å². The standard InChI is InChI=1S/C34H49N12O26P5/c1-43-12-46(28-20(43)29(51)42-33(36)41-28)30-21(48)14(6-63-2)15(68-30)7-66-76(59,60)71-73(53,54)13-74(55,56)72-77(61,62)67-9-17-25(24(64-3)32(70-17)45-11-39-19-26(35)37-10-38-27(19)45)75(57,58)65-8-16-22(49)23(50)31(69-16)44-5-4-18(47)40-34(44)52/h4-5,10-12,14-17,21-25,30-32,48-50H,6-9,13H2,1-3H3,(H10-,35,36,37,38,40,41,42,47,51,52,53,54,55,56,57,58,59,60,61,62)/t14-,15-,16-,17?,21-,22-,23-,24-,25-,30-,31-,32-/m1/s1. The molecule has 0 bridgehead atoms. The highest BCUT2D eigenvalue weighted by atomic mass is 31.3. The molecule has 6 unspecified atom stereocenters. The lowest BCUT2D eigenvalue weighted by atomic mass is 9.99. The molecule has 77 heavy (non-hydrogen) atoms. The van der Waals surface area contributed by atoms with Crippen molar-refractivity contribution in [2.45, 2.75) is 67.1 Å². The zero-order valence-electron chi connectivity index (χ0n) is 39.7. The number of rotatable bonds is 22. The Labute approximate surface area is 428 Å². The smallest absolute Gasteiger partial charge is 0.479 e. The minimum absolute atomic E-state index is 0.000574. The molecule has 0 radical (unpaired) electrons. The number of ether oxygens (including phenoxy) is 5. The summed E-state index contributed by atoms with van der Waals surface area (Å²) in [6.45, 7) is -3.70. The number of aliphatic hydroxyl groups is 3. The lowest BCUT2D eigenvalue weighted by Gasteiger charge is -2.35. The molecule has 5 aromatic heterocycles. The van der Waals surface area contributed by atoms with Crippen LogP contribution in [0.5, 0.6) is 0 Å². The Balaban J connectivity index is 0.936. The summed E-state index contributed by atoms with van der Waals surface area (Å²) in [5.41, 5.74) is 6.94. The minimum Gasteiger partial charge on any atom is -0.778 e. The number of anilines is 2. The Bertz CT molecular complexity index is 3450. The number of methoxy groups -OCH3 is 2. The summed E-state index contributed by atoms with van der Waals surface area (Å²) in [5.74, 6) is -3.65. The number of aromatic nitrogens is 10. The lowest BCUT2D eigenvalue weighted by molar-refractivity contribution is -0.745. The predicted octanol–water partition coefficient (Wildman–Crippen LogP) is -4.31. The van der Waals surface area contributed by atoms with Gasteiger partial charge < -0.3 is 84.0 Å². The number of hydrogen-bond acceptors (Lipinski definition) is 28. The van der Waals surface area contributed by atoms with Crippen LogP contribution in [0.3, 0.4) is 0 Å². The van der Waals surface area contributed by atoms with Crippen molar-refractivity contribution in [1.29, 1.82) is 0 Å². The molecule has 0 aliphatic carbocycles. The maximum absolute atomic E-state index is 14.2. The Kier molecular flexibility index (Phi) is 17.0. The maximum Gasteiger partial charge on any atom is 0.479 e. The van der Waals surface area contributed by atoms with Crippen LogP contribution in [0.15, 0.2) is 45.6 Å². The first-order chi connectivity index (χ1) is 36.0. The average molecular weight is 1200 g/mol. The number of imidazole rings is 2. The summed E-state index contributed by atoms with van der Waals surface area (Å²) >= 11 is 0. The van der Waals surface area contributed by atoms with Gasteiger partial charge in [-0.25, -0.2) is 42.1 Å². The molecule has 0 spiro atoms. The number of nitrogens with two attached hydrogens (primary N) is 2. The molecule has 8 heterocycles.